The number of hydrogen-bond acceptors (Lipinski definition) is 5. The van der Waals surface area contributed by atoms with Crippen LogP contribution < -0.4 is 15.6 Å². The molecule has 1 aromatic carbocycles. The highest BCUT2D eigenvalue weighted by atomic mass is 19.4. The van der Waals surface area contributed by atoms with E-state index in [1.54, 1.807) is 23.7 Å². The number of aromatic carboxylic acids is 1. The average Bonchev–Trinajstić information content (AvgIpc) is 3.10. The predicted molar refractivity (Wildman–Crippen MR) is 119 cm³/mol. The topological polar surface area (TPSA) is 113 Å². The third kappa shape index (κ3) is 5.63. The van der Waals surface area contributed by atoms with Crippen molar-refractivity contribution < 1.29 is 45.8 Å². The van der Waals surface area contributed by atoms with E-state index in [2.05, 4.69) is 15.0 Å². The monoisotopic (exact) mass is 533 g/mol. The zero-order chi connectivity index (χ0) is 27.9. The SMILES string of the molecule is CCc1c(-c2ccc3c(c2)cc(CN[C@H](C)C(F)(F)F)n3C)[nH]c(=O)c(C(=O)O)c1OC(=O)C(F)(F)F. The van der Waals surface area contributed by atoms with Crippen LogP contribution >= 0.6 is 0 Å². The number of rotatable bonds is 7. The van der Waals surface area contributed by atoms with E-state index >= 15 is 0 Å². The highest BCUT2D eigenvalue weighted by Gasteiger charge is 2.43. The molecule has 0 amide bonds. The molecule has 2 aromatic heterocycles. The summed E-state index contributed by atoms with van der Waals surface area (Å²) in [4.78, 5) is 37.9. The number of hydrogen-bond donors (Lipinski definition) is 3. The molecule has 0 aliphatic carbocycles. The number of carboxylic acids is 1. The lowest BCUT2D eigenvalue weighted by Gasteiger charge is -2.17. The number of carbonyl (C=O) groups excluding carboxylic acids is 1. The van der Waals surface area contributed by atoms with Gasteiger partial charge in [0, 0.05) is 35.8 Å². The third-order valence-corrected chi connectivity index (χ3v) is 5.77. The first kappa shape index (κ1) is 27.8. The zero-order valence-corrected chi connectivity index (χ0v) is 19.6. The van der Waals surface area contributed by atoms with Gasteiger partial charge in [-0.1, -0.05) is 13.0 Å². The Labute approximate surface area is 204 Å². The van der Waals surface area contributed by atoms with Crippen molar-refractivity contribution >= 4 is 22.8 Å². The van der Waals surface area contributed by atoms with Gasteiger partial charge in [0.25, 0.3) is 5.56 Å². The lowest BCUT2D eigenvalue weighted by Crippen LogP contribution is -2.39. The van der Waals surface area contributed by atoms with Gasteiger partial charge in [-0.2, -0.15) is 26.3 Å². The molecule has 14 heteroatoms. The number of halogens is 6. The summed E-state index contributed by atoms with van der Waals surface area (Å²) in [7, 11) is 1.63. The number of ether oxygens (including phenoxy) is 1. The van der Waals surface area contributed by atoms with E-state index in [0.717, 1.165) is 6.92 Å². The Bertz CT molecular complexity index is 1420. The number of carboxylic acid groups (broad SMARTS) is 1. The number of alkyl halides is 6. The molecule has 0 saturated heterocycles. The summed E-state index contributed by atoms with van der Waals surface area (Å²) in [5, 5.41) is 12.3. The molecule has 2 heterocycles. The second kappa shape index (κ2) is 9.92. The van der Waals surface area contributed by atoms with Crippen LogP contribution in [0.2, 0.25) is 0 Å². The lowest BCUT2D eigenvalue weighted by atomic mass is 9.99. The fourth-order valence-electron chi connectivity index (χ4n) is 3.77. The largest absolute Gasteiger partial charge is 0.491 e. The minimum Gasteiger partial charge on any atom is -0.477 e. The fraction of sp³-hybridized carbons (Fsp3) is 0.348. The summed E-state index contributed by atoms with van der Waals surface area (Å²) in [6, 6.07) is 4.41. The molecule has 200 valence electrons. The molecule has 0 aliphatic rings. The summed E-state index contributed by atoms with van der Waals surface area (Å²) < 4.78 is 83.0. The van der Waals surface area contributed by atoms with Crippen molar-refractivity contribution in [3.8, 4) is 17.0 Å². The number of aromatic nitrogens is 2. The van der Waals surface area contributed by atoms with Crippen molar-refractivity contribution in [2.24, 2.45) is 7.05 Å². The number of H-pyrrole nitrogens is 1. The molecule has 0 radical (unpaired) electrons. The van der Waals surface area contributed by atoms with Gasteiger partial charge in [0.1, 0.15) is 6.04 Å². The summed E-state index contributed by atoms with van der Waals surface area (Å²) in [5.41, 5.74) is -1.34. The molecular weight excluding hydrogens is 512 g/mol. The third-order valence-electron chi connectivity index (χ3n) is 5.77. The van der Waals surface area contributed by atoms with E-state index < -0.39 is 47.2 Å². The molecule has 3 N–H and O–H groups in total. The Balaban J connectivity index is 2.12. The number of benzene rings is 1. The van der Waals surface area contributed by atoms with Crippen LogP contribution in [0.3, 0.4) is 0 Å². The van der Waals surface area contributed by atoms with Crippen molar-refractivity contribution in [2.75, 3.05) is 0 Å². The van der Waals surface area contributed by atoms with Gasteiger partial charge in [-0.3, -0.25) is 4.79 Å². The molecule has 0 saturated carbocycles. The van der Waals surface area contributed by atoms with E-state index in [4.69, 9.17) is 0 Å². The standard InChI is InChI=1S/C23H21F6N3O5/c1-4-14-17(31-19(33)16(20(34)35)18(14)37-21(36)23(27,28)29)11-5-6-15-12(7-11)8-13(32(15)3)9-30-10(2)22(24,25)26/h5-8,10,30H,4,9H2,1-3H3,(H,31,33)(H,34,35)/t10-/m1/s1. The van der Waals surface area contributed by atoms with Crippen molar-refractivity contribution in [3.05, 3.63) is 51.4 Å². The van der Waals surface area contributed by atoms with Crippen molar-refractivity contribution in [2.45, 2.75) is 45.2 Å². The Kier molecular flexibility index (Phi) is 7.44. The number of aromatic amines is 1. The Morgan fingerprint density at radius 1 is 1.16 bits per heavy atom. The van der Waals surface area contributed by atoms with Gasteiger partial charge in [-0.15, -0.1) is 0 Å². The smallest absolute Gasteiger partial charge is 0.477 e. The number of nitrogens with zero attached hydrogens (tertiary/aromatic N) is 1. The Morgan fingerprint density at radius 3 is 2.35 bits per heavy atom. The second-order valence-corrected chi connectivity index (χ2v) is 8.17. The van der Waals surface area contributed by atoms with E-state index in [1.165, 1.54) is 19.1 Å². The van der Waals surface area contributed by atoms with Crippen molar-refractivity contribution in [3.63, 3.8) is 0 Å². The molecular formula is C23H21F6N3O5. The van der Waals surface area contributed by atoms with Gasteiger partial charge in [0.2, 0.25) is 0 Å². The molecule has 0 spiro atoms. The Morgan fingerprint density at radius 2 is 1.81 bits per heavy atom. The highest BCUT2D eigenvalue weighted by Crippen LogP contribution is 2.34. The molecule has 1 atom stereocenters. The number of aryl methyl sites for hydroxylation is 1. The molecule has 0 bridgehead atoms. The molecule has 0 unspecified atom stereocenters. The zero-order valence-electron chi connectivity index (χ0n) is 19.6. The van der Waals surface area contributed by atoms with Gasteiger partial charge in [0.05, 0.1) is 5.69 Å². The first-order chi connectivity index (χ1) is 17.1. The summed E-state index contributed by atoms with van der Waals surface area (Å²) in [6.45, 7) is 2.32. The maximum absolute atomic E-state index is 12.8. The molecule has 37 heavy (non-hydrogen) atoms. The molecule has 8 nitrogen and oxygen atoms in total. The highest BCUT2D eigenvalue weighted by molar-refractivity contribution is 5.94. The molecule has 3 rings (SSSR count). The van der Waals surface area contributed by atoms with Crippen LogP contribution in [-0.4, -0.2) is 45.0 Å². The number of nitrogens with one attached hydrogen (secondary N) is 2. The normalized spacial score (nSPS) is 13.1. The van der Waals surface area contributed by atoms with E-state index in [9.17, 15) is 45.8 Å². The van der Waals surface area contributed by atoms with Crippen LogP contribution in [0.4, 0.5) is 26.3 Å². The first-order valence-electron chi connectivity index (χ1n) is 10.8. The summed E-state index contributed by atoms with van der Waals surface area (Å²) in [5.74, 6) is -5.60. The molecule has 3 aromatic rings. The average molecular weight is 533 g/mol. The van der Waals surface area contributed by atoms with Crippen LogP contribution in [0.15, 0.2) is 29.1 Å². The Hall–Kier alpha value is -3.81. The van der Waals surface area contributed by atoms with Crippen molar-refractivity contribution in [1.29, 1.82) is 0 Å². The first-order valence-corrected chi connectivity index (χ1v) is 10.8. The summed E-state index contributed by atoms with van der Waals surface area (Å²) in [6.07, 6.45) is -10.00. The van der Waals surface area contributed by atoms with Crippen LogP contribution in [-0.2, 0) is 24.8 Å². The van der Waals surface area contributed by atoms with Gasteiger partial charge in [-0.25, -0.2) is 9.59 Å². The van der Waals surface area contributed by atoms with Crippen LogP contribution in [0, 0.1) is 0 Å². The number of pyridine rings is 1. The van der Waals surface area contributed by atoms with Crippen LogP contribution in [0.25, 0.3) is 22.2 Å². The maximum Gasteiger partial charge on any atom is 0.491 e. The minimum atomic E-state index is -5.44. The number of fused-ring (bicyclic) bond motifs is 1. The van der Waals surface area contributed by atoms with Gasteiger partial charge in [-0.05, 0) is 37.1 Å². The van der Waals surface area contributed by atoms with E-state index in [1.807, 2.05) is 0 Å². The van der Waals surface area contributed by atoms with Gasteiger partial charge >= 0.3 is 24.3 Å². The van der Waals surface area contributed by atoms with E-state index in [0.29, 0.717) is 16.6 Å². The van der Waals surface area contributed by atoms with Crippen LogP contribution in [0.5, 0.6) is 5.75 Å². The van der Waals surface area contributed by atoms with E-state index in [-0.39, 0.29) is 29.8 Å². The summed E-state index contributed by atoms with van der Waals surface area (Å²) >= 11 is 0. The van der Waals surface area contributed by atoms with Crippen molar-refractivity contribution in [1.82, 2.24) is 14.9 Å². The number of esters is 1. The maximum atomic E-state index is 12.8. The number of carbonyl (C=O) groups is 2. The quantitative estimate of drug-likeness (QED) is 0.308. The lowest BCUT2D eigenvalue weighted by molar-refractivity contribution is -0.189. The molecule has 0 fully saturated rings. The second-order valence-electron chi connectivity index (χ2n) is 8.17. The fourth-order valence-corrected chi connectivity index (χ4v) is 3.77. The van der Waals surface area contributed by atoms with Gasteiger partial charge < -0.3 is 24.7 Å². The minimum absolute atomic E-state index is 0.0707. The predicted octanol–water partition coefficient (Wildman–Crippen LogP) is 4.30. The van der Waals surface area contributed by atoms with Crippen LogP contribution in [0.1, 0.15) is 35.5 Å². The molecule has 0 aliphatic heterocycles. The van der Waals surface area contributed by atoms with Gasteiger partial charge in [0.15, 0.2) is 11.3 Å².